The van der Waals surface area contributed by atoms with E-state index in [1.165, 1.54) is 5.57 Å². The second kappa shape index (κ2) is 1.66. The molecule has 0 saturated carbocycles. The first kappa shape index (κ1) is 4.85. The molecule has 0 aromatic heterocycles. The molecule has 0 aromatic rings. The van der Waals surface area contributed by atoms with E-state index in [0.717, 1.165) is 12.8 Å². The first-order valence-electron chi connectivity index (χ1n) is 2.70. The normalized spacial score (nSPS) is 30.6. The minimum absolute atomic E-state index is 0.431. The van der Waals surface area contributed by atoms with E-state index < -0.39 is 0 Å². The Morgan fingerprint density at radius 3 is 2.71 bits per heavy atom. The zero-order chi connectivity index (χ0) is 5.28. The summed E-state index contributed by atoms with van der Waals surface area (Å²) >= 11 is 0. The van der Waals surface area contributed by atoms with Crippen LogP contribution in [0.1, 0.15) is 19.8 Å². The molecule has 0 spiro atoms. The van der Waals surface area contributed by atoms with Crippen LogP contribution in [-0.2, 0) is 0 Å². The number of rotatable bonds is 0. The third-order valence-electron chi connectivity index (χ3n) is 1.35. The Morgan fingerprint density at radius 2 is 2.57 bits per heavy atom. The van der Waals surface area contributed by atoms with Gasteiger partial charge >= 0.3 is 0 Å². The van der Waals surface area contributed by atoms with Gasteiger partial charge in [0.15, 0.2) is 0 Å². The molecule has 0 aliphatic heterocycles. The van der Waals surface area contributed by atoms with Gasteiger partial charge in [-0.1, -0.05) is 11.6 Å². The van der Waals surface area contributed by atoms with Gasteiger partial charge in [-0.05, 0) is 19.8 Å². The summed E-state index contributed by atoms with van der Waals surface area (Å²) in [6.45, 7) is 2.13. The van der Waals surface area contributed by atoms with E-state index in [9.17, 15) is 0 Å². The van der Waals surface area contributed by atoms with Gasteiger partial charge in [0, 0.05) is 6.04 Å². The van der Waals surface area contributed by atoms with Crippen molar-refractivity contribution in [1.82, 2.24) is 0 Å². The molecule has 2 N–H and O–H groups in total. The molecule has 0 aromatic carbocycles. The van der Waals surface area contributed by atoms with Gasteiger partial charge in [0.25, 0.3) is 0 Å². The molecule has 1 rings (SSSR count). The van der Waals surface area contributed by atoms with Crippen LogP contribution in [0.2, 0.25) is 0 Å². The maximum absolute atomic E-state index is 5.57. The highest BCUT2D eigenvalue weighted by Gasteiger charge is 2.07. The van der Waals surface area contributed by atoms with Gasteiger partial charge in [-0.15, -0.1) is 0 Å². The monoisotopic (exact) mass is 97.1 g/mol. The molecule has 1 atom stereocenters. The summed E-state index contributed by atoms with van der Waals surface area (Å²) in [5, 5.41) is 0. The second-order valence-corrected chi connectivity index (χ2v) is 2.25. The molecule has 1 heteroatoms. The van der Waals surface area contributed by atoms with Gasteiger partial charge in [-0.25, -0.2) is 0 Å². The molecule has 1 unspecified atom stereocenters. The molecular weight excluding hydrogens is 86.1 g/mol. The lowest BCUT2D eigenvalue weighted by molar-refractivity contribution is 0.720. The standard InChI is InChI=1S/C6H11N/c1-5-2-3-6(7)4-5/h2,6H,3-4,7H2,1H3. The van der Waals surface area contributed by atoms with Crippen molar-refractivity contribution in [3.8, 4) is 0 Å². The SMILES string of the molecule is CC1=CCC(N)C1. The third kappa shape index (κ3) is 1.03. The molecule has 0 fully saturated rings. The van der Waals surface area contributed by atoms with Crippen molar-refractivity contribution in [3.05, 3.63) is 11.6 Å². The van der Waals surface area contributed by atoms with Gasteiger partial charge in [0.05, 0.1) is 0 Å². The average molecular weight is 97.2 g/mol. The first-order chi connectivity index (χ1) is 3.29. The lowest BCUT2D eigenvalue weighted by atomic mass is 10.2. The van der Waals surface area contributed by atoms with E-state index in [1.54, 1.807) is 0 Å². The van der Waals surface area contributed by atoms with Crippen LogP contribution in [0.3, 0.4) is 0 Å². The summed E-state index contributed by atoms with van der Waals surface area (Å²) in [7, 11) is 0. The van der Waals surface area contributed by atoms with Crippen molar-refractivity contribution in [2.24, 2.45) is 5.73 Å². The Labute approximate surface area is 44.2 Å². The maximum atomic E-state index is 5.57. The fourth-order valence-electron chi connectivity index (χ4n) is 0.933. The van der Waals surface area contributed by atoms with Crippen molar-refractivity contribution in [3.63, 3.8) is 0 Å². The van der Waals surface area contributed by atoms with Gasteiger partial charge in [-0.2, -0.15) is 0 Å². The van der Waals surface area contributed by atoms with Crippen LogP contribution in [0.4, 0.5) is 0 Å². The van der Waals surface area contributed by atoms with Gasteiger partial charge in [-0.3, -0.25) is 0 Å². The predicted molar refractivity (Wildman–Crippen MR) is 31.0 cm³/mol. The van der Waals surface area contributed by atoms with E-state index >= 15 is 0 Å². The average Bonchev–Trinajstić information content (AvgIpc) is 1.87. The molecular formula is C6H11N. The molecule has 1 nitrogen and oxygen atoms in total. The fourth-order valence-corrected chi connectivity index (χ4v) is 0.933. The highest BCUT2D eigenvalue weighted by molar-refractivity contribution is 5.08. The fraction of sp³-hybridized carbons (Fsp3) is 0.667. The van der Waals surface area contributed by atoms with Crippen molar-refractivity contribution in [2.75, 3.05) is 0 Å². The van der Waals surface area contributed by atoms with E-state index in [4.69, 9.17) is 5.73 Å². The van der Waals surface area contributed by atoms with Gasteiger partial charge in [0.2, 0.25) is 0 Å². The zero-order valence-electron chi connectivity index (χ0n) is 4.65. The van der Waals surface area contributed by atoms with Crippen LogP contribution in [0, 0.1) is 0 Å². The van der Waals surface area contributed by atoms with Crippen LogP contribution in [0.25, 0.3) is 0 Å². The molecule has 0 radical (unpaired) electrons. The molecule has 1 aliphatic carbocycles. The van der Waals surface area contributed by atoms with Crippen LogP contribution in [-0.4, -0.2) is 6.04 Å². The molecule has 0 bridgehead atoms. The first-order valence-corrected chi connectivity index (χ1v) is 2.70. The summed E-state index contributed by atoms with van der Waals surface area (Å²) in [5.41, 5.74) is 7.02. The second-order valence-electron chi connectivity index (χ2n) is 2.25. The maximum Gasteiger partial charge on any atom is 0.0111 e. The Morgan fingerprint density at radius 1 is 1.86 bits per heavy atom. The Hall–Kier alpha value is -0.300. The Bertz CT molecular complexity index is 94.4. The quantitative estimate of drug-likeness (QED) is 0.449. The predicted octanol–water partition coefficient (Wildman–Crippen LogP) is 1.05. The summed E-state index contributed by atoms with van der Waals surface area (Å²) in [6.07, 6.45) is 4.41. The van der Waals surface area contributed by atoms with Crippen molar-refractivity contribution >= 4 is 0 Å². The largest absolute Gasteiger partial charge is 0.327 e. The number of hydrogen-bond donors (Lipinski definition) is 1. The minimum atomic E-state index is 0.431. The van der Waals surface area contributed by atoms with E-state index in [1.807, 2.05) is 0 Å². The highest BCUT2D eigenvalue weighted by atomic mass is 14.6. The molecule has 0 amide bonds. The van der Waals surface area contributed by atoms with Crippen molar-refractivity contribution < 1.29 is 0 Å². The topological polar surface area (TPSA) is 26.0 Å². The number of hydrogen-bond acceptors (Lipinski definition) is 1. The van der Waals surface area contributed by atoms with Crippen LogP contribution < -0.4 is 5.73 Å². The third-order valence-corrected chi connectivity index (χ3v) is 1.35. The molecule has 0 saturated heterocycles. The van der Waals surface area contributed by atoms with E-state index in [2.05, 4.69) is 13.0 Å². The van der Waals surface area contributed by atoms with Crippen molar-refractivity contribution in [1.29, 1.82) is 0 Å². The summed E-state index contributed by atoms with van der Waals surface area (Å²) < 4.78 is 0. The van der Waals surface area contributed by atoms with Crippen LogP contribution in [0.5, 0.6) is 0 Å². The van der Waals surface area contributed by atoms with Crippen LogP contribution >= 0.6 is 0 Å². The molecule has 1 aliphatic rings. The molecule has 40 valence electrons. The van der Waals surface area contributed by atoms with E-state index in [0.29, 0.717) is 6.04 Å². The Balaban J connectivity index is 2.42. The van der Waals surface area contributed by atoms with Crippen LogP contribution in [0.15, 0.2) is 11.6 Å². The van der Waals surface area contributed by atoms with Crippen molar-refractivity contribution in [2.45, 2.75) is 25.8 Å². The number of nitrogens with two attached hydrogens (primary N) is 1. The molecule has 7 heavy (non-hydrogen) atoms. The summed E-state index contributed by atoms with van der Waals surface area (Å²) in [5.74, 6) is 0. The lowest BCUT2D eigenvalue weighted by Crippen LogP contribution is -2.14. The zero-order valence-corrected chi connectivity index (χ0v) is 4.65. The minimum Gasteiger partial charge on any atom is -0.327 e. The lowest BCUT2D eigenvalue weighted by Gasteiger charge is -1.96. The van der Waals surface area contributed by atoms with E-state index in [-0.39, 0.29) is 0 Å². The van der Waals surface area contributed by atoms with Gasteiger partial charge in [0.1, 0.15) is 0 Å². The summed E-state index contributed by atoms with van der Waals surface area (Å²) in [4.78, 5) is 0. The van der Waals surface area contributed by atoms with Gasteiger partial charge < -0.3 is 5.73 Å². The summed E-state index contributed by atoms with van der Waals surface area (Å²) in [6, 6.07) is 0.431. The smallest absolute Gasteiger partial charge is 0.0111 e. The molecule has 0 heterocycles. The highest BCUT2D eigenvalue weighted by Crippen LogP contribution is 2.14. The Kier molecular flexibility index (Phi) is 1.15.